The Balaban J connectivity index is 2.48. The molecule has 1 rings (SSSR count). The Hall–Kier alpha value is -0.470. The van der Waals surface area contributed by atoms with Crippen LogP contribution < -0.4 is 5.32 Å². The molecule has 0 fully saturated rings. The molecule has 0 aliphatic rings. The molecule has 0 aliphatic heterocycles. The lowest BCUT2D eigenvalue weighted by Crippen LogP contribution is -2.40. The molecule has 0 unspecified atom stereocenters. The molecule has 0 atom stereocenters. The maximum atomic E-state index is 12.3. The molecule has 0 spiro atoms. The van der Waals surface area contributed by atoms with Gasteiger partial charge in [0.15, 0.2) is 0 Å². The van der Waals surface area contributed by atoms with Crippen molar-refractivity contribution in [3.8, 4) is 0 Å². The summed E-state index contributed by atoms with van der Waals surface area (Å²) in [6, 6.07) is 1.95. The first-order valence-electron chi connectivity index (χ1n) is 6.38. The van der Waals surface area contributed by atoms with Crippen molar-refractivity contribution in [1.82, 2.24) is 13.9 Å². The Morgan fingerprint density at radius 2 is 2.05 bits per heavy atom. The quantitative estimate of drug-likeness (QED) is 0.701. The van der Waals surface area contributed by atoms with Gasteiger partial charge in [-0.05, 0) is 41.9 Å². The minimum absolute atomic E-state index is 0.420. The average molecular weight is 305 g/mol. The summed E-state index contributed by atoms with van der Waals surface area (Å²) in [7, 11) is -0.110. The van der Waals surface area contributed by atoms with Crippen LogP contribution in [0.2, 0.25) is 0 Å². The van der Waals surface area contributed by atoms with Crippen LogP contribution in [0.1, 0.15) is 18.9 Å². The highest BCUT2D eigenvalue weighted by Gasteiger charge is 2.23. The lowest BCUT2D eigenvalue weighted by molar-refractivity contribution is 0.384. The van der Waals surface area contributed by atoms with Gasteiger partial charge in [0, 0.05) is 27.2 Å². The van der Waals surface area contributed by atoms with E-state index in [1.54, 1.807) is 25.4 Å². The number of rotatable bonds is 9. The van der Waals surface area contributed by atoms with E-state index in [4.69, 9.17) is 0 Å². The minimum atomic E-state index is -3.36. The Labute approximate surface area is 120 Å². The maximum Gasteiger partial charge on any atom is 0.281 e. The van der Waals surface area contributed by atoms with Gasteiger partial charge in [-0.25, -0.2) is 0 Å². The molecule has 0 saturated carbocycles. The molecule has 0 bridgehead atoms. The van der Waals surface area contributed by atoms with Gasteiger partial charge in [-0.1, -0.05) is 6.92 Å². The molecule has 0 aliphatic carbocycles. The zero-order chi connectivity index (χ0) is 14.3. The first kappa shape index (κ1) is 16.6. The van der Waals surface area contributed by atoms with E-state index in [0.29, 0.717) is 13.1 Å². The van der Waals surface area contributed by atoms with E-state index in [1.165, 1.54) is 8.61 Å². The van der Waals surface area contributed by atoms with E-state index in [0.717, 1.165) is 25.1 Å². The summed E-state index contributed by atoms with van der Waals surface area (Å²) in [6.45, 7) is 4.74. The molecule has 110 valence electrons. The standard InChI is InChI=1S/C12H23N3O2S2/c1-4-13-7-5-8-14(2)19(16,17)15(3)10-12-6-9-18-11-12/h6,9,11,13H,4-5,7-8,10H2,1-3H3. The van der Waals surface area contributed by atoms with Crippen LogP contribution in [0.25, 0.3) is 0 Å². The first-order chi connectivity index (χ1) is 8.98. The normalized spacial score (nSPS) is 12.5. The molecular formula is C12H23N3O2S2. The lowest BCUT2D eigenvalue weighted by atomic mass is 10.3. The smallest absolute Gasteiger partial charge is 0.281 e. The van der Waals surface area contributed by atoms with E-state index in [1.807, 2.05) is 23.8 Å². The summed E-state index contributed by atoms with van der Waals surface area (Å²) in [4.78, 5) is 0. The molecule has 0 radical (unpaired) electrons. The Morgan fingerprint density at radius 1 is 1.32 bits per heavy atom. The third-order valence-electron chi connectivity index (χ3n) is 2.85. The highest BCUT2D eigenvalue weighted by Crippen LogP contribution is 2.12. The molecular weight excluding hydrogens is 282 g/mol. The number of nitrogens with one attached hydrogen (secondary N) is 1. The Bertz CT molecular complexity index is 446. The van der Waals surface area contributed by atoms with Crippen molar-refractivity contribution in [2.75, 3.05) is 33.7 Å². The van der Waals surface area contributed by atoms with Crippen molar-refractivity contribution in [3.05, 3.63) is 22.4 Å². The highest BCUT2D eigenvalue weighted by molar-refractivity contribution is 7.86. The zero-order valence-corrected chi connectivity index (χ0v) is 13.4. The first-order valence-corrected chi connectivity index (χ1v) is 8.71. The van der Waals surface area contributed by atoms with Crippen molar-refractivity contribution in [2.24, 2.45) is 0 Å². The van der Waals surface area contributed by atoms with Crippen LogP contribution in [0.3, 0.4) is 0 Å². The number of nitrogens with zero attached hydrogens (tertiary/aromatic N) is 2. The summed E-state index contributed by atoms with van der Waals surface area (Å²) in [5.41, 5.74) is 1.03. The zero-order valence-electron chi connectivity index (χ0n) is 11.8. The van der Waals surface area contributed by atoms with E-state index in [-0.39, 0.29) is 0 Å². The summed E-state index contributed by atoms with van der Waals surface area (Å²) >= 11 is 1.58. The monoisotopic (exact) mass is 305 g/mol. The SMILES string of the molecule is CCNCCCN(C)S(=O)(=O)N(C)Cc1ccsc1. The third kappa shape index (κ3) is 5.19. The fourth-order valence-electron chi connectivity index (χ4n) is 1.68. The predicted octanol–water partition coefficient (Wildman–Crippen LogP) is 1.36. The van der Waals surface area contributed by atoms with Crippen LogP contribution in [-0.2, 0) is 16.8 Å². The molecule has 1 aromatic heterocycles. The molecule has 0 saturated heterocycles. The van der Waals surface area contributed by atoms with Crippen molar-refractivity contribution < 1.29 is 8.42 Å². The fraction of sp³-hybridized carbons (Fsp3) is 0.667. The predicted molar refractivity (Wildman–Crippen MR) is 80.5 cm³/mol. The van der Waals surface area contributed by atoms with Crippen LogP contribution in [0.5, 0.6) is 0 Å². The van der Waals surface area contributed by atoms with Gasteiger partial charge < -0.3 is 5.32 Å². The largest absolute Gasteiger partial charge is 0.317 e. The Kier molecular flexibility index (Phi) is 6.95. The molecule has 1 heterocycles. The van der Waals surface area contributed by atoms with Crippen molar-refractivity contribution >= 4 is 21.5 Å². The Morgan fingerprint density at radius 3 is 2.63 bits per heavy atom. The van der Waals surface area contributed by atoms with Crippen molar-refractivity contribution in [2.45, 2.75) is 19.9 Å². The van der Waals surface area contributed by atoms with Crippen LogP contribution in [-0.4, -0.2) is 50.8 Å². The molecule has 7 heteroatoms. The number of thiophene rings is 1. The summed E-state index contributed by atoms with van der Waals surface area (Å²) in [6.07, 6.45) is 0.815. The van der Waals surface area contributed by atoms with Gasteiger partial charge in [-0.2, -0.15) is 28.4 Å². The van der Waals surface area contributed by atoms with Crippen LogP contribution in [0, 0.1) is 0 Å². The van der Waals surface area contributed by atoms with Crippen LogP contribution in [0.4, 0.5) is 0 Å². The number of hydrogen-bond acceptors (Lipinski definition) is 4. The van der Waals surface area contributed by atoms with E-state index >= 15 is 0 Å². The van der Waals surface area contributed by atoms with Crippen LogP contribution >= 0.6 is 11.3 Å². The second kappa shape index (κ2) is 7.96. The number of hydrogen-bond donors (Lipinski definition) is 1. The van der Waals surface area contributed by atoms with Gasteiger partial charge in [0.1, 0.15) is 0 Å². The van der Waals surface area contributed by atoms with Gasteiger partial charge in [0.2, 0.25) is 0 Å². The summed E-state index contributed by atoms with van der Waals surface area (Å²) < 4.78 is 27.3. The third-order valence-corrected chi connectivity index (χ3v) is 5.47. The van der Waals surface area contributed by atoms with E-state index < -0.39 is 10.2 Å². The van der Waals surface area contributed by atoms with Crippen LogP contribution in [0.15, 0.2) is 16.8 Å². The fourth-order valence-corrected chi connectivity index (χ4v) is 3.49. The molecule has 0 aromatic carbocycles. The minimum Gasteiger partial charge on any atom is -0.317 e. The van der Waals surface area contributed by atoms with Gasteiger partial charge in [-0.15, -0.1) is 0 Å². The summed E-state index contributed by atoms with van der Waals surface area (Å²) in [5, 5.41) is 7.11. The highest BCUT2D eigenvalue weighted by atomic mass is 32.2. The van der Waals surface area contributed by atoms with E-state index in [2.05, 4.69) is 5.32 Å². The van der Waals surface area contributed by atoms with E-state index in [9.17, 15) is 8.42 Å². The second-order valence-corrected chi connectivity index (χ2v) is 7.35. The van der Waals surface area contributed by atoms with Gasteiger partial charge >= 0.3 is 0 Å². The van der Waals surface area contributed by atoms with Crippen molar-refractivity contribution in [3.63, 3.8) is 0 Å². The van der Waals surface area contributed by atoms with Crippen molar-refractivity contribution in [1.29, 1.82) is 0 Å². The van der Waals surface area contributed by atoms with Gasteiger partial charge in [0.25, 0.3) is 10.2 Å². The second-order valence-electron chi connectivity index (χ2n) is 4.42. The maximum absolute atomic E-state index is 12.3. The molecule has 1 aromatic rings. The topological polar surface area (TPSA) is 52.7 Å². The molecule has 19 heavy (non-hydrogen) atoms. The van der Waals surface area contributed by atoms with Gasteiger partial charge in [0.05, 0.1) is 0 Å². The van der Waals surface area contributed by atoms with Gasteiger partial charge in [-0.3, -0.25) is 0 Å². The summed E-state index contributed by atoms with van der Waals surface area (Å²) in [5.74, 6) is 0. The molecule has 0 amide bonds. The average Bonchev–Trinajstić information content (AvgIpc) is 2.87. The molecule has 5 nitrogen and oxygen atoms in total. The lowest BCUT2D eigenvalue weighted by Gasteiger charge is -2.24. The molecule has 1 N–H and O–H groups in total.